The maximum absolute atomic E-state index is 13.1. The monoisotopic (exact) mass is 403 g/mol. The lowest BCUT2D eigenvalue weighted by molar-refractivity contribution is -0.148. The van der Waals surface area contributed by atoms with Gasteiger partial charge in [-0.25, -0.2) is 9.97 Å². The summed E-state index contributed by atoms with van der Waals surface area (Å²) in [7, 11) is 0. The van der Waals surface area contributed by atoms with Crippen LogP contribution in [0.5, 0.6) is 11.8 Å². The van der Waals surface area contributed by atoms with E-state index < -0.39 is 5.60 Å². The van der Waals surface area contributed by atoms with Gasteiger partial charge in [-0.15, -0.1) is 0 Å². The lowest BCUT2D eigenvalue weighted by Gasteiger charge is -2.37. The molecule has 28 heavy (non-hydrogen) atoms. The number of carbonyl (C=O) groups excluding carboxylic acids is 1. The second-order valence-corrected chi connectivity index (χ2v) is 8.07. The molecule has 3 rings (SSSR count). The Bertz CT molecular complexity index is 819. The van der Waals surface area contributed by atoms with Gasteiger partial charge in [0.15, 0.2) is 5.60 Å². The zero-order valence-corrected chi connectivity index (χ0v) is 17.5. The van der Waals surface area contributed by atoms with Crippen LogP contribution >= 0.6 is 11.6 Å². The molecule has 0 aliphatic carbocycles. The molecule has 0 radical (unpaired) electrons. The van der Waals surface area contributed by atoms with Crippen LogP contribution in [0, 0.1) is 13.8 Å². The summed E-state index contributed by atoms with van der Waals surface area (Å²) in [5.41, 5.74) is 0.735. The molecular formula is C21H26ClN3O3. The maximum atomic E-state index is 13.1. The molecule has 0 N–H and O–H groups in total. The molecule has 1 aromatic carbocycles. The normalized spacial score (nSPS) is 17.3. The van der Waals surface area contributed by atoms with E-state index in [0.717, 1.165) is 24.2 Å². The number of hydrogen-bond acceptors (Lipinski definition) is 5. The first-order valence-electron chi connectivity index (χ1n) is 9.46. The van der Waals surface area contributed by atoms with Gasteiger partial charge in [0, 0.05) is 23.0 Å². The lowest BCUT2D eigenvalue weighted by Crippen LogP contribution is -2.53. The minimum absolute atomic E-state index is 0.0721. The summed E-state index contributed by atoms with van der Waals surface area (Å²) < 4.78 is 11.9. The highest BCUT2D eigenvalue weighted by molar-refractivity contribution is 6.30. The van der Waals surface area contributed by atoms with Gasteiger partial charge in [-0.05, 0) is 70.9 Å². The first-order valence-corrected chi connectivity index (χ1v) is 9.83. The summed E-state index contributed by atoms with van der Waals surface area (Å²) in [6.07, 6.45) is 1.59. The molecule has 1 saturated heterocycles. The summed E-state index contributed by atoms with van der Waals surface area (Å²) in [4.78, 5) is 23.6. The smallest absolute Gasteiger partial charge is 0.317 e. The Kier molecular flexibility index (Phi) is 6.08. The fourth-order valence-corrected chi connectivity index (χ4v) is 3.46. The Morgan fingerprint density at radius 2 is 1.82 bits per heavy atom. The molecule has 0 unspecified atom stereocenters. The van der Waals surface area contributed by atoms with E-state index in [2.05, 4.69) is 9.97 Å². The third kappa shape index (κ3) is 5.13. The Morgan fingerprint density at radius 3 is 2.46 bits per heavy atom. The Labute approximate surface area is 170 Å². The Balaban J connectivity index is 1.65. The quantitative estimate of drug-likeness (QED) is 0.755. The van der Waals surface area contributed by atoms with E-state index in [1.165, 1.54) is 0 Å². The molecule has 1 aromatic heterocycles. The van der Waals surface area contributed by atoms with Gasteiger partial charge in [-0.1, -0.05) is 11.6 Å². The number of aromatic nitrogens is 2. The van der Waals surface area contributed by atoms with Crippen LogP contribution in [0.4, 0.5) is 0 Å². The van der Waals surface area contributed by atoms with Gasteiger partial charge in [0.1, 0.15) is 11.9 Å². The average molecular weight is 404 g/mol. The number of rotatable bonds is 5. The zero-order chi connectivity index (χ0) is 20.3. The molecule has 2 aromatic rings. The van der Waals surface area contributed by atoms with Crippen molar-refractivity contribution >= 4 is 17.5 Å². The van der Waals surface area contributed by atoms with E-state index in [4.69, 9.17) is 21.1 Å². The van der Waals surface area contributed by atoms with Gasteiger partial charge >= 0.3 is 6.01 Å². The highest BCUT2D eigenvalue weighted by atomic mass is 35.5. The third-order valence-corrected chi connectivity index (χ3v) is 4.85. The van der Waals surface area contributed by atoms with Gasteiger partial charge < -0.3 is 14.4 Å². The number of benzene rings is 1. The molecule has 1 atom stereocenters. The molecule has 2 heterocycles. The molecule has 6 nitrogen and oxygen atoms in total. The molecule has 7 heteroatoms. The van der Waals surface area contributed by atoms with E-state index in [1.807, 2.05) is 19.9 Å². The van der Waals surface area contributed by atoms with Crippen LogP contribution in [0.1, 0.15) is 38.1 Å². The second kappa shape index (κ2) is 8.35. The van der Waals surface area contributed by atoms with Crippen LogP contribution < -0.4 is 9.47 Å². The number of likely N-dealkylation sites (tertiary alicyclic amines) is 1. The van der Waals surface area contributed by atoms with E-state index >= 15 is 0 Å². The summed E-state index contributed by atoms with van der Waals surface area (Å²) in [6, 6.07) is 9.28. The van der Waals surface area contributed by atoms with Crippen molar-refractivity contribution in [2.75, 3.05) is 13.1 Å². The molecular weight excluding hydrogens is 378 g/mol. The van der Waals surface area contributed by atoms with Gasteiger partial charge in [-0.2, -0.15) is 0 Å². The van der Waals surface area contributed by atoms with Crippen molar-refractivity contribution in [2.45, 2.75) is 52.2 Å². The van der Waals surface area contributed by atoms with Gasteiger partial charge in [0.25, 0.3) is 5.91 Å². The van der Waals surface area contributed by atoms with Crippen LogP contribution in [0.15, 0.2) is 30.3 Å². The van der Waals surface area contributed by atoms with Crippen molar-refractivity contribution in [3.05, 3.63) is 46.7 Å². The summed E-state index contributed by atoms with van der Waals surface area (Å²) >= 11 is 5.91. The summed E-state index contributed by atoms with van der Waals surface area (Å²) in [6.45, 7) is 8.55. The number of ether oxygens (including phenoxy) is 2. The van der Waals surface area contributed by atoms with Gasteiger partial charge in [-0.3, -0.25) is 4.79 Å². The summed E-state index contributed by atoms with van der Waals surface area (Å²) in [5.74, 6) is 0.535. The predicted molar refractivity (Wildman–Crippen MR) is 108 cm³/mol. The molecule has 0 bridgehead atoms. The number of hydrogen-bond donors (Lipinski definition) is 0. The summed E-state index contributed by atoms with van der Waals surface area (Å²) in [5, 5.41) is 0.626. The van der Waals surface area contributed by atoms with Gasteiger partial charge in [0.2, 0.25) is 0 Å². The Hall–Kier alpha value is -2.34. The standard InChI is InChI=1S/C21H26ClN3O3/c1-14-12-15(2)24-20(23-14)27-18-6-5-11-25(13-18)19(26)21(3,4)28-17-9-7-16(22)8-10-17/h7-10,12,18H,5-6,11,13H2,1-4H3/t18-/m0/s1. The molecule has 1 aliphatic rings. The van der Waals surface area contributed by atoms with E-state index in [1.54, 1.807) is 43.0 Å². The molecule has 1 fully saturated rings. The highest BCUT2D eigenvalue weighted by Crippen LogP contribution is 2.24. The van der Waals surface area contributed by atoms with Crippen LogP contribution in [-0.2, 0) is 4.79 Å². The zero-order valence-electron chi connectivity index (χ0n) is 16.7. The van der Waals surface area contributed by atoms with Crippen LogP contribution in [0.25, 0.3) is 0 Å². The van der Waals surface area contributed by atoms with Crippen molar-refractivity contribution < 1.29 is 14.3 Å². The first-order chi connectivity index (χ1) is 13.2. The molecule has 0 saturated carbocycles. The Morgan fingerprint density at radius 1 is 1.18 bits per heavy atom. The van der Waals surface area contributed by atoms with Crippen molar-refractivity contribution in [3.8, 4) is 11.8 Å². The SMILES string of the molecule is Cc1cc(C)nc(O[C@H]2CCCN(C(=O)C(C)(C)Oc3ccc(Cl)cc3)C2)n1. The lowest BCUT2D eigenvalue weighted by atomic mass is 10.0. The number of amides is 1. The van der Waals surface area contributed by atoms with Crippen molar-refractivity contribution in [1.29, 1.82) is 0 Å². The van der Waals surface area contributed by atoms with Gasteiger partial charge in [0.05, 0.1) is 6.54 Å². The van der Waals surface area contributed by atoms with E-state index in [0.29, 0.717) is 29.9 Å². The van der Waals surface area contributed by atoms with Crippen LogP contribution in [-0.4, -0.2) is 45.6 Å². The number of nitrogens with zero attached hydrogens (tertiary/aromatic N) is 3. The average Bonchev–Trinajstić information content (AvgIpc) is 2.62. The van der Waals surface area contributed by atoms with Crippen molar-refractivity contribution in [2.24, 2.45) is 0 Å². The molecule has 0 spiro atoms. The van der Waals surface area contributed by atoms with E-state index in [-0.39, 0.29) is 12.0 Å². The molecule has 1 aliphatic heterocycles. The third-order valence-electron chi connectivity index (χ3n) is 4.60. The largest absolute Gasteiger partial charge is 0.478 e. The fraction of sp³-hybridized carbons (Fsp3) is 0.476. The highest BCUT2D eigenvalue weighted by Gasteiger charge is 2.37. The second-order valence-electron chi connectivity index (χ2n) is 7.63. The number of carbonyl (C=O) groups is 1. The van der Waals surface area contributed by atoms with Crippen LogP contribution in [0.2, 0.25) is 5.02 Å². The predicted octanol–water partition coefficient (Wildman–Crippen LogP) is 3.97. The minimum Gasteiger partial charge on any atom is -0.478 e. The maximum Gasteiger partial charge on any atom is 0.317 e. The first kappa shape index (κ1) is 20.4. The molecule has 150 valence electrons. The number of halogens is 1. The minimum atomic E-state index is -0.994. The van der Waals surface area contributed by atoms with Crippen molar-refractivity contribution in [1.82, 2.24) is 14.9 Å². The van der Waals surface area contributed by atoms with Crippen LogP contribution in [0.3, 0.4) is 0 Å². The molecule has 1 amide bonds. The number of aryl methyl sites for hydroxylation is 2. The van der Waals surface area contributed by atoms with Crippen molar-refractivity contribution in [3.63, 3.8) is 0 Å². The number of piperidine rings is 1. The topological polar surface area (TPSA) is 64.5 Å². The fourth-order valence-electron chi connectivity index (χ4n) is 3.34. The van der Waals surface area contributed by atoms with E-state index in [9.17, 15) is 4.79 Å².